The molecule has 2 atom stereocenters. The van der Waals surface area contributed by atoms with Gasteiger partial charge in [-0.3, -0.25) is 4.79 Å². The summed E-state index contributed by atoms with van der Waals surface area (Å²) in [5.41, 5.74) is 0. The average molecular weight is 281 g/mol. The fraction of sp³-hybridized carbons (Fsp3) is 0.533. The molecule has 0 spiro atoms. The SMILES string of the molecule is C[C@@H]1CCCC[C@H]1NC(=O)CSc1ccc(F)cc1. The predicted octanol–water partition coefficient (Wildman–Crippen LogP) is 3.61. The van der Waals surface area contributed by atoms with Crippen molar-refractivity contribution in [3.05, 3.63) is 30.1 Å². The fourth-order valence-corrected chi connectivity index (χ4v) is 3.17. The molecule has 1 aliphatic carbocycles. The van der Waals surface area contributed by atoms with Crippen LogP contribution in [-0.4, -0.2) is 17.7 Å². The number of carbonyl (C=O) groups is 1. The molecular formula is C15H20FNOS. The highest BCUT2D eigenvalue weighted by Gasteiger charge is 2.22. The van der Waals surface area contributed by atoms with E-state index in [2.05, 4.69) is 12.2 Å². The molecule has 0 saturated heterocycles. The summed E-state index contributed by atoms with van der Waals surface area (Å²) in [5, 5.41) is 3.12. The smallest absolute Gasteiger partial charge is 0.230 e. The van der Waals surface area contributed by atoms with Crippen molar-refractivity contribution in [1.82, 2.24) is 5.32 Å². The lowest BCUT2D eigenvalue weighted by atomic mass is 9.86. The molecule has 1 N–H and O–H groups in total. The zero-order chi connectivity index (χ0) is 13.7. The van der Waals surface area contributed by atoms with Gasteiger partial charge in [0.2, 0.25) is 5.91 Å². The number of halogens is 1. The predicted molar refractivity (Wildman–Crippen MR) is 76.7 cm³/mol. The minimum atomic E-state index is -0.246. The van der Waals surface area contributed by atoms with Gasteiger partial charge in [0, 0.05) is 10.9 Å². The number of hydrogen-bond donors (Lipinski definition) is 1. The maximum absolute atomic E-state index is 12.7. The molecule has 1 amide bonds. The summed E-state index contributed by atoms with van der Waals surface area (Å²) in [7, 11) is 0. The van der Waals surface area contributed by atoms with Crippen molar-refractivity contribution in [3.63, 3.8) is 0 Å². The first-order valence-electron chi connectivity index (χ1n) is 6.83. The first-order chi connectivity index (χ1) is 9.15. The summed E-state index contributed by atoms with van der Waals surface area (Å²) in [6.45, 7) is 2.21. The van der Waals surface area contributed by atoms with Crippen LogP contribution in [0.3, 0.4) is 0 Å². The number of amides is 1. The number of carbonyl (C=O) groups excluding carboxylic acids is 1. The highest BCUT2D eigenvalue weighted by Crippen LogP contribution is 2.24. The largest absolute Gasteiger partial charge is 0.352 e. The first-order valence-corrected chi connectivity index (χ1v) is 7.81. The molecule has 0 aromatic heterocycles. The molecule has 1 saturated carbocycles. The Bertz CT molecular complexity index is 421. The van der Waals surface area contributed by atoms with Crippen LogP contribution in [0.15, 0.2) is 29.2 Å². The third kappa shape index (κ3) is 4.53. The van der Waals surface area contributed by atoms with Gasteiger partial charge in [-0.1, -0.05) is 19.8 Å². The molecule has 1 aromatic rings. The second kappa shape index (κ2) is 6.94. The highest BCUT2D eigenvalue weighted by atomic mass is 32.2. The van der Waals surface area contributed by atoms with E-state index in [1.54, 1.807) is 12.1 Å². The van der Waals surface area contributed by atoms with E-state index in [4.69, 9.17) is 0 Å². The molecule has 104 valence electrons. The van der Waals surface area contributed by atoms with E-state index in [-0.39, 0.29) is 11.7 Å². The van der Waals surface area contributed by atoms with Gasteiger partial charge in [-0.2, -0.15) is 0 Å². The Morgan fingerprint density at radius 1 is 1.32 bits per heavy atom. The van der Waals surface area contributed by atoms with Gasteiger partial charge in [0.25, 0.3) is 0 Å². The molecular weight excluding hydrogens is 261 g/mol. The summed E-state index contributed by atoms with van der Waals surface area (Å²) in [6, 6.07) is 6.58. The number of thioether (sulfide) groups is 1. The maximum atomic E-state index is 12.7. The molecule has 4 heteroatoms. The molecule has 2 nitrogen and oxygen atoms in total. The van der Waals surface area contributed by atoms with Crippen molar-refractivity contribution in [2.24, 2.45) is 5.92 Å². The van der Waals surface area contributed by atoms with Crippen molar-refractivity contribution in [2.75, 3.05) is 5.75 Å². The maximum Gasteiger partial charge on any atom is 0.230 e. The Labute approximate surface area is 118 Å². The van der Waals surface area contributed by atoms with E-state index in [0.717, 1.165) is 11.3 Å². The third-order valence-electron chi connectivity index (χ3n) is 3.64. The Kier molecular flexibility index (Phi) is 5.25. The molecule has 1 aliphatic rings. The van der Waals surface area contributed by atoms with Crippen LogP contribution in [0.4, 0.5) is 4.39 Å². The lowest BCUT2D eigenvalue weighted by molar-refractivity contribution is -0.119. The van der Waals surface area contributed by atoms with Crippen molar-refractivity contribution >= 4 is 17.7 Å². The van der Waals surface area contributed by atoms with Gasteiger partial charge >= 0.3 is 0 Å². The summed E-state index contributed by atoms with van der Waals surface area (Å²) >= 11 is 1.45. The Balaban J connectivity index is 1.76. The molecule has 0 bridgehead atoms. The number of hydrogen-bond acceptors (Lipinski definition) is 2. The number of nitrogens with one attached hydrogen (secondary N) is 1. The van der Waals surface area contributed by atoms with Crippen LogP contribution in [0.5, 0.6) is 0 Å². The van der Waals surface area contributed by atoms with E-state index < -0.39 is 0 Å². The van der Waals surface area contributed by atoms with Gasteiger partial charge in [-0.15, -0.1) is 11.8 Å². The zero-order valence-electron chi connectivity index (χ0n) is 11.2. The van der Waals surface area contributed by atoms with Gasteiger partial charge < -0.3 is 5.32 Å². The van der Waals surface area contributed by atoms with Gasteiger partial charge in [0.05, 0.1) is 5.75 Å². The zero-order valence-corrected chi connectivity index (χ0v) is 12.0. The molecule has 1 fully saturated rings. The summed E-state index contributed by atoms with van der Waals surface area (Å²) in [5.74, 6) is 0.806. The minimum Gasteiger partial charge on any atom is -0.352 e. The standard InChI is InChI=1S/C15H20FNOS/c1-11-4-2-3-5-14(11)17-15(18)10-19-13-8-6-12(16)7-9-13/h6-9,11,14H,2-5,10H2,1H3,(H,17,18)/t11-,14-/m1/s1. The quantitative estimate of drug-likeness (QED) is 0.854. The second-order valence-electron chi connectivity index (χ2n) is 5.18. The van der Waals surface area contributed by atoms with E-state index in [1.807, 2.05) is 0 Å². The molecule has 19 heavy (non-hydrogen) atoms. The first kappa shape index (κ1) is 14.4. The van der Waals surface area contributed by atoms with Crippen molar-refractivity contribution < 1.29 is 9.18 Å². The Hall–Kier alpha value is -1.03. The van der Waals surface area contributed by atoms with Gasteiger partial charge in [0.15, 0.2) is 0 Å². The molecule has 0 aliphatic heterocycles. The molecule has 1 aromatic carbocycles. The van der Waals surface area contributed by atoms with Crippen LogP contribution in [0.25, 0.3) is 0 Å². The topological polar surface area (TPSA) is 29.1 Å². The van der Waals surface area contributed by atoms with E-state index >= 15 is 0 Å². The third-order valence-corrected chi connectivity index (χ3v) is 4.65. The normalized spacial score (nSPS) is 23.1. The lowest BCUT2D eigenvalue weighted by Crippen LogP contribution is -2.41. The van der Waals surface area contributed by atoms with Crippen LogP contribution in [-0.2, 0) is 4.79 Å². The summed E-state index contributed by atoms with van der Waals surface area (Å²) in [4.78, 5) is 12.8. The van der Waals surface area contributed by atoms with Gasteiger partial charge in [-0.25, -0.2) is 4.39 Å². The van der Waals surface area contributed by atoms with Gasteiger partial charge in [0.1, 0.15) is 5.82 Å². The van der Waals surface area contributed by atoms with Gasteiger partial charge in [-0.05, 0) is 43.0 Å². The lowest BCUT2D eigenvalue weighted by Gasteiger charge is -2.29. The number of rotatable bonds is 4. The Morgan fingerprint density at radius 3 is 2.68 bits per heavy atom. The fourth-order valence-electron chi connectivity index (χ4n) is 2.46. The molecule has 0 unspecified atom stereocenters. The van der Waals surface area contributed by atoms with Crippen LogP contribution in [0, 0.1) is 11.7 Å². The van der Waals surface area contributed by atoms with E-state index in [0.29, 0.717) is 17.7 Å². The average Bonchev–Trinajstić information content (AvgIpc) is 2.41. The van der Waals surface area contributed by atoms with Crippen LogP contribution < -0.4 is 5.32 Å². The van der Waals surface area contributed by atoms with Crippen molar-refractivity contribution in [1.29, 1.82) is 0 Å². The minimum absolute atomic E-state index is 0.0769. The molecule has 0 heterocycles. The molecule has 2 rings (SSSR count). The van der Waals surface area contributed by atoms with Crippen LogP contribution >= 0.6 is 11.8 Å². The monoisotopic (exact) mass is 281 g/mol. The molecule has 0 radical (unpaired) electrons. The second-order valence-corrected chi connectivity index (χ2v) is 6.23. The van der Waals surface area contributed by atoms with Crippen molar-refractivity contribution in [2.45, 2.75) is 43.5 Å². The van der Waals surface area contributed by atoms with Crippen molar-refractivity contribution in [3.8, 4) is 0 Å². The number of benzene rings is 1. The van der Waals surface area contributed by atoms with Crippen LogP contribution in [0.2, 0.25) is 0 Å². The van der Waals surface area contributed by atoms with Crippen LogP contribution in [0.1, 0.15) is 32.6 Å². The Morgan fingerprint density at radius 2 is 2.00 bits per heavy atom. The van der Waals surface area contributed by atoms with E-state index in [9.17, 15) is 9.18 Å². The highest BCUT2D eigenvalue weighted by molar-refractivity contribution is 8.00. The van der Waals surface area contributed by atoms with E-state index in [1.165, 1.54) is 43.2 Å². The summed E-state index contributed by atoms with van der Waals surface area (Å²) in [6.07, 6.45) is 4.78. The summed E-state index contributed by atoms with van der Waals surface area (Å²) < 4.78 is 12.7.